The Hall–Kier alpha value is -0.160. The number of hydrogen-bond donors (Lipinski definition) is 1. The number of hydrogen-bond acceptors (Lipinski definition) is 4. The van der Waals surface area contributed by atoms with Gasteiger partial charge in [-0.05, 0) is 46.6 Å². The van der Waals surface area contributed by atoms with Crippen LogP contribution in [0.1, 0.15) is 40.0 Å². The summed E-state index contributed by atoms with van der Waals surface area (Å²) in [6.07, 6.45) is 4.17. The van der Waals surface area contributed by atoms with Crippen molar-refractivity contribution in [2.24, 2.45) is 0 Å². The lowest BCUT2D eigenvalue weighted by atomic mass is 9.85. The maximum absolute atomic E-state index is 5.60. The highest BCUT2D eigenvalue weighted by Crippen LogP contribution is 2.26. The summed E-state index contributed by atoms with van der Waals surface area (Å²) < 4.78 is 16.6. The average Bonchev–Trinajstić information content (AvgIpc) is 2.30. The van der Waals surface area contributed by atoms with E-state index >= 15 is 0 Å². The van der Waals surface area contributed by atoms with Crippen LogP contribution in [0.3, 0.4) is 0 Å². The van der Waals surface area contributed by atoms with Crippen molar-refractivity contribution in [3.63, 3.8) is 0 Å². The molecule has 3 unspecified atom stereocenters. The zero-order valence-electron chi connectivity index (χ0n) is 12.3. The number of rotatable bonds is 10. The standard InChI is InChI=1S/C14H29NO3/c1-5-17-13-10-12(14(13)16-4)15-8-6-7-9-18-11(2)3/h11-15H,5-10H2,1-4H3. The third-order valence-electron chi connectivity index (χ3n) is 3.33. The first-order chi connectivity index (χ1) is 8.69. The van der Waals surface area contributed by atoms with Crippen LogP contribution in [0.15, 0.2) is 0 Å². The first kappa shape index (κ1) is 15.9. The van der Waals surface area contributed by atoms with E-state index in [1.165, 1.54) is 0 Å². The lowest BCUT2D eigenvalue weighted by molar-refractivity contribution is -0.131. The van der Waals surface area contributed by atoms with E-state index in [9.17, 15) is 0 Å². The molecule has 1 aliphatic rings. The third-order valence-corrected chi connectivity index (χ3v) is 3.33. The first-order valence-electron chi connectivity index (χ1n) is 7.18. The lowest BCUT2D eigenvalue weighted by Gasteiger charge is -2.43. The molecule has 1 fully saturated rings. The summed E-state index contributed by atoms with van der Waals surface area (Å²) in [5, 5.41) is 3.54. The SMILES string of the molecule is CCOC1CC(NCCCCOC(C)C)C1OC. The van der Waals surface area contributed by atoms with Crippen LogP contribution in [0.4, 0.5) is 0 Å². The molecule has 0 aromatic rings. The van der Waals surface area contributed by atoms with E-state index in [0.29, 0.717) is 12.1 Å². The Morgan fingerprint density at radius 1 is 1.28 bits per heavy atom. The largest absolute Gasteiger partial charge is 0.379 e. The summed E-state index contributed by atoms with van der Waals surface area (Å²) in [6, 6.07) is 0.456. The van der Waals surface area contributed by atoms with Gasteiger partial charge in [-0.15, -0.1) is 0 Å². The van der Waals surface area contributed by atoms with Gasteiger partial charge >= 0.3 is 0 Å². The quantitative estimate of drug-likeness (QED) is 0.609. The van der Waals surface area contributed by atoms with Crippen LogP contribution in [0.2, 0.25) is 0 Å². The second-order valence-corrected chi connectivity index (χ2v) is 5.12. The van der Waals surface area contributed by atoms with E-state index in [2.05, 4.69) is 19.2 Å². The fraction of sp³-hybridized carbons (Fsp3) is 1.00. The van der Waals surface area contributed by atoms with E-state index in [0.717, 1.165) is 39.0 Å². The summed E-state index contributed by atoms with van der Waals surface area (Å²) in [5.74, 6) is 0. The Morgan fingerprint density at radius 2 is 2.06 bits per heavy atom. The molecule has 3 atom stereocenters. The molecule has 108 valence electrons. The molecule has 0 heterocycles. The minimum absolute atomic E-state index is 0.219. The minimum Gasteiger partial charge on any atom is -0.379 e. The highest BCUT2D eigenvalue weighted by Gasteiger charge is 2.41. The number of nitrogens with one attached hydrogen (secondary N) is 1. The summed E-state index contributed by atoms with van der Waals surface area (Å²) in [4.78, 5) is 0. The molecule has 0 aliphatic heterocycles. The van der Waals surface area contributed by atoms with Crippen molar-refractivity contribution >= 4 is 0 Å². The smallest absolute Gasteiger partial charge is 0.0986 e. The Kier molecular flexibility index (Phi) is 7.82. The van der Waals surface area contributed by atoms with Crippen LogP contribution in [0, 0.1) is 0 Å². The second-order valence-electron chi connectivity index (χ2n) is 5.12. The van der Waals surface area contributed by atoms with Gasteiger partial charge in [-0.2, -0.15) is 0 Å². The summed E-state index contributed by atoms with van der Waals surface area (Å²) in [7, 11) is 1.76. The lowest BCUT2D eigenvalue weighted by Crippen LogP contribution is -2.59. The Labute approximate surface area is 111 Å². The molecule has 1 rings (SSSR count). The Bertz CT molecular complexity index is 211. The van der Waals surface area contributed by atoms with Crippen molar-refractivity contribution in [3.8, 4) is 0 Å². The van der Waals surface area contributed by atoms with Gasteiger partial charge in [-0.3, -0.25) is 0 Å². The molecule has 4 heteroatoms. The summed E-state index contributed by atoms with van der Waals surface area (Å²) >= 11 is 0. The Balaban J connectivity index is 2.00. The third kappa shape index (κ3) is 5.22. The predicted molar refractivity (Wildman–Crippen MR) is 72.9 cm³/mol. The molecular weight excluding hydrogens is 230 g/mol. The predicted octanol–water partition coefficient (Wildman–Crippen LogP) is 1.97. The van der Waals surface area contributed by atoms with Gasteiger partial charge in [0.15, 0.2) is 0 Å². The molecule has 1 saturated carbocycles. The van der Waals surface area contributed by atoms with Crippen LogP contribution >= 0.6 is 0 Å². The van der Waals surface area contributed by atoms with E-state index in [1.807, 2.05) is 6.92 Å². The van der Waals surface area contributed by atoms with Crippen molar-refractivity contribution < 1.29 is 14.2 Å². The van der Waals surface area contributed by atoms with Crippen molar-refractivity contribution in [2.45, 2.75) is 64.4 Å². The number of ether oxygens (including phenoxy) is 3. The van der Waals surface area contributed by atoms with Crippen molar-refractivity contribution in [1.82, 2.24) is 5.32 Å². The molecule has 1 N–H and O–H groups in total. The Morgan fingerprint density at radius 3 is 2.67 bits per heavy atom. The van der Waals surface area contributed by atoms with E-state index in [-0.39, 0.29) is 12.2 Å². The van der Waals surface area contributed by atoms with Gasteiger partial charge in [0.05, 0.1) is 18.3 Å². The first-order valence-corrected chi connectivity index (χ1v) is 7.18. The van der Waals surface area contributed by atoms with E-state index in [1.54, 1.807) is 7.11 Å². The maximum Gasteiger partial charge on any atom is 0.0986 e. The van der Waals surface area contributed by atoms with E-state index < -0.39 is 0 Å². The van der Waals surface area contributed by atoms with Crippen molar-refractivity contribution in [2.75, 3.05) is 26.9 Å². The van der Waals surface area contributed by atoms with E-state index in [4.69, 9.17) is 14.2 Å². The van der Waals surface area contributed by atoms with Crippen molar-refractivity contribution in [1.29, 1.82) is 0 Å². The maximum atomic E-state index is 5.60. The molecule has 18 heavy (non-hydrogen) atoms. The number of methoxy groups -OCH3 is 1. The van der Waals surface area contributed by atoms with Gasteiger partial charge in [0.1, 0.15) is 0 Å². The molecule has 0 aromatic heterocycles. The number of unbranched alkanes of at least 4 members (excludes halogenated alkanes) is 1. The van der Waals surface area contributed by atoms with Crippen LogP contribution in [-0.2, 0) is 14.2 Å². The van der Waals surface area contributed by atoms with Gasteiger partial charge in [0.25, 0.3) is 0 Å². The molecule has 0 aromatic carbocycles. The molecule has 0 radical (unpaired) electrons. The van der Waals surface area contributed by atoms with Crippen molar-refractivity contribution in [3.05, 3.63) is 0 Å². The highest BCUT2D eigenvalue weighted by atomic mass is 16.5. The molecule has 0 saturated heterocycles. The van der Waals surface area contributed by atoms with Gasteiger partial charge < -0.3 is 19.5 Å². The normalized spacial score (nSPS) is 27.5. The fourth-order valence-corrected chi connectivity index (χ4v) is 2.31. The van der Waals surface area contributed by atoms with Gasteiger partial charge in [0.2, 0.25) is 0 Å². The average molecular weight is 259 g/mol. The van der Waals surface area contributed by atoms with Crippen LogP contribution in [0.25, 0.3) is 0 Å². The molecule has 1 aliphatic carbocycles. The zero-order valence-corrected chi connectivity index (χ0v) is 12.3. The van der Waals surface area contributed by atoms with Crippen LogP contribution in [0.5, 0.6) is 0 Å². The van der Waals surface area contributed by atoms with Gasteiger partial charge in [0, 0.05) is 26.4 Å². The fourth-order valence-electron chi connectivity index (χ4n) is 2.31. The van der Waals surface area contributed by atoms with Gasteiger partial charge in [-0.25, -0.2) is 0 Å². The molecule has 0 spiro atoms. The van der Waals surface area contributed by atoms with Gasteiger partial charge in [-0.1, -0.05) is 0 Å². The highest BCUT2D eigenvalue weighted by molar-refractivity contribution is 4.96. The van der Waals surface area contributed by atoms with Crippen LogP contribution < -0.4 is 5.32 Å². The second kappa shape index (κ2) is 8.86. The molecule has 0 bridgehead atoms. The summed E-state index contributed by atoms with van der Waals surface area (Å²) in [6.45, 7) is 8.84. The monoisotopic (exact) mass is 259 g/mol. The molecular formula is C14H29NO3. The van der Waals surface area contributed by atoms with Crippen LogP contribution in [-0.4, -0.2) is 51.2 Å². The summed E-state index contributed by atoms with van der Waals surface area (Å²) in [5.41, 5.74) is 0. The molecule has 4 nitrogen and oxygen atoms in total. The zero-order chi connectivity index (χ0) is 13.4. The molecule has 0 amide bonds. The minimum atomic E-state index is 0.219. The topological polar surface area (TPSA) is 39.7 Å².